The normalized spacial score (nSPS) is 14.7. The average molecular weight is 538 g/mol. The fraction of sp³-hybridized carbons (Fsp3) is 0.346. The number of H-pyrrole nitrogens is 1. The Morgan fingerprint density at radius 3 is 2.56 bits per heavy atom. The summed E-state index contributed by atoms with van der Waals surface area (Å²) in [5, 5.41) is 9.35. The van der Waals surface area contributed by atoms with Crippen molar-refractivity contribution in [3.05, 3.63) is 59.8 Å². The predicted octanol–water partition coefficient (Wildman–Crippen LogP) is 2.99. The number of aryl methyl sites for hydroxylation is 1. The van der Waals surface area contributed by atoms with Gasteiger partial charge in [0.1, 0.15) is 5.69 Å². The summed E-state index contributed by atoms with van der Waals surface area (Å²) in [5.41, 5.74) is 8.76. The fourth-order valence-electron chi connectivity index (χ4n) is 4.77. The van der Waals surface area contributed by atoms with E-state index in [2.05, 4.69) is 25.5 Å². The van der Waals surface area contributed by atoms with Crippen LogP contribution in [0.3, 0.4) is 0 Å². The second-order valence-corrected chi connectivity index (χ2v) is 9.37. The molecule has 1 aromatic carbocycles. The smallest absolute Gasteiger partial charge is 0.280 e. The number of rotatable bonds is 7. The Labute approximate surface area is 223 Å². The minimum atomic E-state index is -2.71. The second-order valence-electron chi connectivity index (χ2n) is 9.37. The van der Waals surface area contributed by atoms with Gasteiger partial charge >= 0.3 is 0 Å². The van der Waals surface area contributed by atoms with Crippen LogP contribution in [0.1, 0.15) is 41.9 Å². The zero-order valence-corrected chi connectivity index (χ0v) is 21.6. The molecule has 1 aliphatic rings. The van der Waals surface area contributed by atoms with Gasteiger partial charge in [0.15, 0.2) is 11.5 Å². The lowest BCUT2D eigenvalue weighted by molar-refractivity contribution is -0.133. The van der Waals surface area contributed by atoms with Crippen LogP contribution in [-0.2, 0) is 11.2 Å². The molecule has 3 aromatic heterocycles. The van der Waals surface area contributed by atoms with Gasteiger partial charge in [0, 0.05) is 55.4 Å². The van der Waals surface area contributed by atoms with Crippen LogP contribution in [0.15, 0.2) is 43.0 Å². The summed E-state index contributed by atoms with van der Waals surface area (Å²) >= 11 is 0. The van der Waals surface area contributed by atoms with Crippen molar-refractivity contribution in [1.82, 2.24) is 34.4 Å². The molecule has 0 saturated carbocycles. The Kier molecular flexibility index (Phi) is 7.24. The molecule has 1 saturated heterocycles. The van der Waals surface area contributed by atoms with Crippen LogP contribution in [0.2, 0.25) is 0 Å². The molecule has 0 aliphatic carbocycles. The predicted molar refractivity (Wildman–Crippen MR) is 141 cm³/mol. The molecule has 1 atom stereocenters. The van der Waals surface area contributed by atoms with Crippen molar-refractivity contribution in [2.45, 2.75) is 32.7 Å². The Hall–Kier alpha value is -4.39. The monoisotopic (exact) mass is 537 g/mol. The molecule has 5 rings (SSSR count). The van der Waals surface area contributed by atoms with Crippen molar-refractivity contribution < 1.29 is 18.4 Å². The van der Waals surface area contributed by atoms with E-state index >= 15 is 0 Å². The zero-order valence-electron chi connectivity index (χ0n) is 21.6. The summed E-state index contributed by atoms with van der Waals surface area (Å²) in [6.07, 6.45) is 3.96. The lowest BCUT2D eigenvalue weighted by Gasteiger charge is -2.35. The molecule has 11 nitrogen and oxygen atoms in total. The van der Waals surface area contributed by atoms with Crippen LogP contribution < -0.4 is 11.1 Å². The van der Waals surface area contributed by atoms with E-state index in [1.54, 1.807) is 45.7 Å². The summed E-state index contributed by atoms with van der Waals surface area (Å²) in [6, 6.07) is 4.90. The maximum atomic E-state index is 13.4. The third-order valence-corrected chi connectivity index (χ3v) is 6.84. The minimum Gasteiger partial charge on any atom is -0.338 e. The maximum absolute atomic E-state index is 13.4. The first kappa shape index (κ1) is 26.2. The first-order valence-electron chi connectivity index (χ1n) is 12.7. The molecule has 0 spiro atoms. The number of carbonyl (C=O) groups excluding carboxylic acids is 2. The molecule has 13 heteroatoms. The number of halogens is 2. The summed E-state index contributed by atoms with van der Waals surface area (Å²) < 4.78 is 28.5. The van der Waals surface area contributed by atoms with E-state index < -0.39 is 12.5 Å². The van der Waals surface area contributed by atoms with Crippen molar-refractivity contribution in [2.75, 3.05) is 31.5 Å². The molecule has 4 aromatic rings. The number of fused-ring (bicyclic) bond motifs is 1. The van der Waals surface area contributed by atoms with Gasteiger partial charge in [-0.3, -0.25) is 19.1 Å². The van der Waals surface area contributed by atoms with Crippen LogP contribution in [0.5, 0.6) is 0 Å². The number of benzene rings is 1. The van der Waals surface area contributed by atoms with E-state index in [-0.39, 0.29) is 23.1 Å². The van der Waals surface area contributed by atoms with Gasteiger partial charge in [0.25, 0.3) is 12.3 Å². The molecule has 0 unspecified atom stereocenters. The van der Waals surface area contributed by atoms with Crippen molar-refractivity contribution in [3.63, 3.8) is 0 Å². The second kappa shape index (κ2) is 10.8. The highest BCUT2D eigenvalue weighted by atomic mass is 19.3. The number of amides is 2. The zero-order chi connectivity index (χ0) is 27.7. The van der Waals surface area contributed by atoms with Gasteiger partial charge in [-0.1, -0.05) is 6.92 Å². The third-order valence-electron chi connectivity index (χ3n) is 6.84. The average Bonchev–Trinajstić information content (AvgIpc) is 3.60. The maximum Gasteiger partial charge on any atom is 0.280 e. The number of anilines is 2. The van der Waals surface area contributed by atoms with Gasteiger partial charge in [-0.15, -0.1) is 0 Å². The summed E-state index contributed by atoms with van der Waals surface area (Å²) in [6.45, 7) is 5.42. The van der Waals surface area contributed by atoms with Gasteiger partial charge in [0.05, 0.1) is 24.1 Å². The highest BCUT2D eigenvalue weighted by Gasteiger charge is 2.27. The van der Waals surface area contributed by atoms with Gasteiger partial charge in [-0.25, -0.2) is 18.7 Å². The molecule has 1 aliphatic heterocycles. The lowest BCUT2D eigenvalue weighted by Crippen LogP contribution is -2.53. The Balaban J connectivity index is 1.35. The van der Waals surface area contributed by atoms with Crippen LogP contribution in [0, 0.1) is 0 Å². The molecule has 1 fully saturated rings. The number of imidazole rings is 1. The van der Waals surface area contributed by atoms with Crippen molar-refractivity contribution in [3.8, 4) is 11.3 Å². The molecular weight excluding hydrogens is 508 g/mol. The topological polar surface area (TPSA) is 138 Å². The van der Waals surface area contributed by atoms with Crippen molar-refractivity contribution in [1.29, 1.82) is 0 Å². The molecule has 0 bridgehead atoms. The molecule has 39 heavy (non-hydrogen) atoms. The number of nitrogens with two attached hydrogens (primary N) is 1. The SMILES string of the molecule is CCc1cc(Nc2nccn3c(-c4cn[nH]c4C(F)F)cnc23)ccc1C(=O)N1CCN(C(=O)[C@H](C)N)CC1. The molecule has 204 valence electrons. The third kappa shape index (κ3) is 5.04. The van der Waals surface area contributed by atoms with E-state index in [1.807, 2.05) is 13.0 Å². The molecule has 2 amide bonds. The van der Waals surface area contributed by atoms with Crippen LogP contribution in [0.4, 0.5) is 20.3 Å². The van der Waals surface area contributed by atoms with Gasteiger partial charge in [-0.05, 0) is 37.1 Å². The van der Waals surface area contributed by atoms with Crippen molar-refractivity contribution in [2.24, 2.45) is 5.73 Å². The highest BCUT2D eigenvalue weighted by molar-refractivity contribution is 5.96. The Morgan fingerprint density at radius 2 is 1.87 bits per heavy atom. The van der Waals surface area contributed by atoms with E-state index in [9.17, 15) is 18.4 Å². The fourth-order valence-corrected chi connectivity index (χ4v) is 4.77. The summed E-state index contributed by atoms with van der Waals surface area (Å²) in [5.74, 6) is 0.237. The molecule has 4 heterocycles. The number of alkyl halides is 2. The Bertz CT molecular complexity index is 1510. The molecule has 0 radical (unpaired) electrons. The quantitative estimate of drug-likeness (QED) is 0.330. The first-order valence-corrected chi connectivity index (χ1v) is 12.7. The molecule has 4 N–H and O–H groups in total. The number of nitrogens with one attached hydrogen (secondary N) is 2. The number of piperazine rings is 1. The number of nitrogens with zero attached hydrogens (tertiary/aromatic N) is 6. The Morgan fingerprint density at radius 1 is 1.13 bits per heavy atom. The number of aromatic amines is 1. The van der Waals surface area contributed by atoms with Crippen molar-refractivity contribution >= 4 is 29.0 Å². The largest absolute Gasteiger partial charge is 0.338 e. The highest BCUT2D eigenvalue weighted by Crippen LogP contribution is 2.31. The standard InChI is InChI=1S/C26H29F2N9O2/c1-3-16-12-17(4-5-18(16)26(39)36-10-8-35(9-11-36)25(38)15(2)29)33-23-24-31-14-20(37(24)7-6-30-23)19-13-32-34-21(19)22(27)28/h4-7,12-15,22H,3,8-11,29H2,1-2H3,(H,30,33)(H,32,34)/t15-/m0/s1. The lowest BCUT2D eigenvalue weighted by atomic mass is 10.0. The minimum absolute atomic E-state index is 0.0839. The van der Waals surface area contributed by atoms with E-state index in [1.165, 1.54) is 12.4 Å². The van der Waals surface area contributed by atoms with Crippen LogP contribution in [0.25, 0.3) is 16.9 Å². The van der Waals surface area contributed by atoms with Crippen LogP contribution >= 0.6 is 0 Å². The van der Waals surface area contributed by atoms with E-state index in [0.29, 0.717) is 61.0 Å². The summed E-state index contributed by atoms with van der Waals surface area (Å²) in [7, 11) is 0. The van der Waals surface area contributed by atoms with Gasteiger partial charge in [0.2, 0.25) is 5.91 Å². The van der Waals surface area contributed by atoms with E-state index in [4.69, 9.17) is 5.73 Å². The number of aromatic nitrogens is 5. The summed E-state index contributed by atoms with van der Waals surface area (Å²) in [4.78, 5) is 37.7. The number of carbonyl (C=O) groups is 2. The first-order chi connectivity index (χ1) is 18.8. The van der Waals surface area contributed by atoms with Gasteiger partial charge in [-0.2, -0.15) is 5.10 Å². The van der Waals surface area contributed by atoms with E-state index in [0.717, 1.165) is 5.56 Å². The van der Waals surface area contributed by atoms with Gasteiger partial charge < -0.3 is 20.9 Å². The van der Waals surface area contributed by atoms with Crippen LogP contribution in [-0.4, -0.2) is 78.4 Å². The number of hydrogen-bond acceptors (Lipinski definition) is 7. The number of hydrogen-bond donors (Lipinski definition) is 3. The molecular formula is C26H29F2N9O2.